The molecule has 27 heavy (non-hydrogen) atoms. The molecular weight excluding hydrogens is 390 g/mol. The summed E-state index contributed by atoms with van der Waals surface area (Å²) in [5, 5.41) is -1.10. The van der Waals surface area contributed by atoms with Gasteiger partial charge in [0.25, 0.3) is 5.91 Å². The van der Waals surface area contributed by atoms with Crippen molar-refractivity contribution in [3.63, 3.8) is 0 Å². The second-order valence-corrected chi connectivity index (χ2v) is 7.84. The lowest BCUT2D eigenvalue weighted by Crippen LogP contribution is -2.50. The Morgan fingerprint density at radius 2 is 1.93 bits per heavy atom. The fourth-order valence-electron chi connectivity index (χ4n) is 2.57. The van der Waals surface area contributed by atoms with Crippen LogP contribution in [0.4, 0.5) is 0 Å². The molecule has 0 radical (unpaired) electrons. The fraction of sp³-hybridized carbons (Fsp3) is 0.500. The smallest absolute Gasteiger partial charge is 0.315 e. The van der Waals surface area contributed by atoms with Crippen LogP contribution in [0.25, 0.3) is 6.08 Å². The average molecular weight is 412 g/mol. The molecular formula is C18H22ClN3O4S. The minimum atomic E-state index is -0.867. The van der Waals surface area contributed by atoms with Gasteiger partial charge in [-0.2, -0.15) is 0 Å². The molecule has 2 amide bonds. The first kappa shape index (κ1) is 21.4. The number of carbonyl (C=O) groups excluding carboxylic acids is 3. The third-order valence-corrected chi connectivity index (χ3v) is 6.25. The van der Waals surface area contributed by atoms with Crippen LogP contribution in [0.5, 0.6) is 0 Å². The van der Waals surface area contributed by atoms with Crippen LogP contribution in [-0.4, -0.2) is 62.7 Å². The van der Waals surface area contributed by atoms with Gasteiger partial charge in [0, 0.05) is 17.9 Å². The Morgan fingerprint density at radius 1 is 1.26 bits per heavy atom. The van der Waals surface area contributed by atoms with Gasteiger partial charge in [0.2, 0.25) is 5.91 Å². The van der Waals surface area contributed by atoms with Gasteiger partial charge < -0.3 is 4.74 Å². The lowest BCUT2D eigenvalue weighted by Gasteiger charge is -2.32. The molecule has 0 spiro atoms. The number of hydrogen-bond donors (Lipinski definition) is 0. The van der Waals surface area contributed by atoms with Crippen LogP contribution >= 0.6 is 23.4 Å². The van der Waals surface area contributed by atoms with E-state index in [1.165, 1.54) is 24.9 Å². The number of aryl methyl sites for hydroxylation is 3. The van der Waals surface area contributed by atoms with Crippen LogP contribution in [0.15, 0.2) is 6.08 Å². The van der Waals surface area contributed by atoms with E-state index in [1.54, 1.807) is 6.08 Å². The summed E-state index contributed by atoms with van der Waals surface area (Å²) in [6.45, 7) is 5.78. The van der Waals surface area contributed by atoms with Crippen molar-refractivity contribution < 1.29 is 19.1 Å². The molecule has 0 bridgehead atoms. The molecule has 9 heteroatoms. The number of halogens is 1. The summed E-state index contributed by atoms with van der Waals surface area (Å²) >= 11 is 7.49. The van der Waals surface area contributed by atoms with Crippen LogP contribution in [0.3, 0.4) is 0 Å². The van der Waals surface area contributed by atoms with Crippen molar-refractivity contribution in [1.82, 2.24) is 14.9 Å². The monoisotopic (exact) mass is 411 g/mol. The van der Waals surface area contributed by atoms with Gasteiger partial charge in [-0.05, 0) is 33.3 Å². The van der Waals surface area contributed by atoms with E-state index in [9.17, 15) is 14.4 Å². The Bertz CT molecular complexity index is 784. The summed E-state index contributed by atoms with van der Waals surface area (Å²) in [4.78, 5) is 46.1. The molecule has 2 heterocycles. The number of ether oxygens (including phenoxy) is 1. The summed E-state index contributed by atoms with van der Waals surface area (Å²) in [6, 6.07) is 0. The van der Waals surface area contributed by atoms with Crippen molar-refractivity contribution in [3.8, 4) is 0 Å². The number of hydrogen-bond acceptors (Lipinski definition) is 7. The van der Waals surface area contributed by atoms with E-state index >= 15 is 0 Å². The van der Waals surface area contributed by atoms with E-state index in [0.717, 1.165) is 16.3 Å². The zero-order valence-corrected chi connectivity index (χ0v) is 17.3. The Kier molecular flexibility index (Phi) is 7.38. The number of piperidine rings is 1. The first-order chi connectivity index (χ1) is 12.7. The van der Waals surface area contributed by atoms with Crippen LogP contribution in [0, 0.1) is 20.8 Å². The molecule has 1 aliphatic heterocycles. The number of imide groups is 1. The molecule has 7 nitrogen and oxygen atoms in total. The number of methoxy groups -OCH3 is 1. The van der Waals surface area contributed by atoms with E-state index in [1.807, 2.05) is 20.8 Å². The Hall–Kier alpha value is -1.93. The Labute approximate surface area is 167 Å². The highest BCUT2D eigenvalue weighted by atomic mass is 35.5. The summed E-state index contributed by atoms with van der Waals surface area (Å²) in [5.74, 6) is -1.15. The number of nitrogens with zero attached hydrogens (tertiary/aromatic N) is 3. The van der Waals surface area contributed by atoms with Gasteiger partial charge in [-0.15, -0.1) is 23.4 Å². The molecule has 1 saturated heterocycles. The van der Waals surface area contributed by atoms with E-state index in [-0.39, 0.29) is 23.5 Å². The molecule has 1 aliphatic rings. The van der Waals surface area contributed by atoms with E-state index in [4.69, 9.17) is 11.6 Å². The summed E-state index contributed by atoms with van der Waals surface area (Å²) in [6.07, 6.45) is 3.39. The largest absolute Gasteiger partial charge is 0.468 e. The number of rotatable bonds is 5. The molecule has 146 valence electrons. The van der Waals surface area contributed by atoms with Gasteiger partial charge in [-0.3, -0.25) is 24.3 Å². The van der Waals surface area contributed by atoms with Crippen LogP contribution in [-0.2, 0) is 19.1 Å². The van der Waals surface area contributed by atoms with Crippen LogP contribution in [0.1, 0.15) is 29.2 Å². The van der Waals surface area contributed by atoms with Crippen molar-refractivity contribution in [3.05, 3.63) is 28.9 Å². The number of likely N-dealkylation sites (tertiary alicyclic amines) is 1. The first-order valence-electron chi connectivity index (χ1n) is 8.42. The van der Waals surface area contributed by atoms with Crippen molar-refractivity contribution in [2.75, 3.05) is 19.4 Å². The fourth-order valence-corrected chi connectivity index (χ4v) is 4.06. The Balaban J connectivity index is 2.02. The molecule has 2 unspecified atom stereocenters. The molecule has 0 aliphatic carbocycles. The average Bonchev–Trinajstić information content (AvgIpc) is 2.64. The molecule has 1 fully saturated rings. The van der Waals surface area contributed by atoms with Gasteiger partial charge in [0.15, 0.2) is 0 Å². The third-order valence-electron chi connectivity index (χ3n) is 4.28. The standard InChI is InChI=1S/C18H22ClN3O4S/c1-10-11(2)21-13(12(3)20-10)5-6-15(23)22-8-7-14(17(19)18(22)25)27-9-16(24)26-4/h5-6,14,17H,7-9H2,1-4H3/b6-5+. The maximum atomic E-state index is 12.5. The van der Waals surface area contributed by atoms with Crippen LogP contribution < -0.4 is 0 Å². The normalized spacial score (nSPS) is 20.2. The number of esters is 1. The molecule has 1 aromatic rings. The van der Waals surface area contributed by atoms with Crippen molar-refractivity contribution in [2.45, 2.75) is 37.8 Å². The first-order valence-corrected chi connectivity index (χ1v) is 9.90. The molecule has 2 atom stereocenters. The highest BCUT2D eigenvalue weighted by Gasteiger charge is 2.38. The van der Waals surface area contributed by atoms with E-state index < -0.39 is 17.2 Å². The van der Waals surface area contributed by atoms with E-state index in [2.05, 4.69) is 14.7 Å². The molecule has 2 rings (SSSR count). The second kappa shape index (κ2) is 9.32. The SMILES string of the molecule is COC(=O)CSC1CCN(C(=O)/C=C/c2nc(C)c(C)nc2C)C(=O)C1Cl. The lowest BCUT2D eigenvalue weighted by atomic mass is 10.1. The number of aromatic nitrogens is 2. The second-order valence-electron chi connectivity index (χ2n) is 6.14. The maximum Gasteiger partial charge on any atom is 0.315 e. The zero-order chi connectivity index (χ0) is 20.1. The van der Waals surface area contributed by atoms with Crippen molar-refractivity contribution in [2.24, 2.45) is 0 Å². The lowest BCUT2D eigenvalue weighted by molar-refractivity contribution is -0.143. The molecule has 1 aromatic heterocycles. The topological polar surface area (TPSA) is 89.5 Å². The Morgan fingerprint density at radius 3 is 2.59 bits per heavy atom. The summed E-state index contributed by atoms with van der Waals surface area (Å²) in [5.41, 5.74) is 2.92. The predicted octanol–water partition coefficient (Wildman–Crippen LogP) is 2.06. The minimum Gasteiger partial charge on any atom is -0.468 e. The highest BCUT2D eigenvalue weighted by Crippen LogP contribution is 2.28. The summed E-state index contributed by atoms with van der Waals surface area (Å²) in [7, 11) is 1.31. The highest BCUT2D eigenvalue weighted by molar-refractivity contribution is 8.00. The quantitative estimate of drug-likeness (QED) is 0.416. The van der Waals surface area contributed by atoms with Crippen LogP contribution in [0.2, 0.25) is 0 Å². The van der Waals surface area contributed by atoms with Gasteiger partial charge in [0.1, 0.15) is 5.38 Å². The molecule has 0 saturated carbocycles. The van der Waals surface area contributed by atoms with Gasteiger partial charge >= 0.3 is 5.97 Å². The van der Waals surface area contributed by atoms with E-state index in [0.29, 0.717) is 17.8 Å². The van der Waals surface area contributed by atoms with Gasteiger partial charge in [-0.25, -0.2) is 4.98 Å². The van der Waals surface area contributed by atoms with Crippen molar-refractivity contribution >= 4 is 47.2 Å². The number of alkyl halides is 1. The van der Waals surface area contributed by atoms with Gasteiger partial charge in [0.05, 0.1) is 35.6 Å². The predicted molar refractivity (Wildman–Crippen MR) is 105 cm³/mol. The number of amides is 2. The zero-order valence-electron chi connectivity index (χ0n) is 15.7. The maximum absolute atomic E-state index is 12.5. The molecule has 0 aromatic carbocycles. The van der Waals surface area contributed by atoms with Crippen molar-refractivity contribution in [1.29, 1.82) is 0 Å². The van der Waals surface area contributed by atoms with Gasteiger partial charge in [-0.1, -0.05) is 0 Å². The number of thioether (sulfide) groups is 1. The molecule has 0 N–H and O–H groups in total. The number of carbonyl (C=O) groups is 3. The third kappa shape index (κ3) is 5.29. The minimum absolute atomic E-state index is 0.121. The summed E-state index contributed by atoms with van der Waals surface area (Å²) < 4.78 is 4.59.